The highest BCUT2D eigenvalue weighted by atomic mass is 15.1. The van der Waals surface area contributed by atoms with Gasteiger partial charge in [0.15, 0.2) is 0 Å². The molecule has 0 heterocycles. The van der Waals surface area contributed by atoms with Crippen molar-refractivity contribution in [3.63, 3.8) is 0 Å². The van der Waals surface area contributed by atoms with Crippen LogP contribution in [-0.2, 0) is 21.7 Å². The van der Waals surface area contributed by atoms with Crippen molar-refractivity contribution < 1.29 is 0 Å². The zero-order chi connectivity index (χ0) is 37.2. The number of nitrogens with zero attached hydrogens (tertiary/aromatic N) is 1. The van der Waals surface area contributed by atoms with Crippen molar-refractivity contribution >= 4 is 17.1 Å². The second-order valence-corrected chi connectivity index (χ2v) is 18.5. The summed E-state index contributed by atoms with van der Waals surface area (Å²) in [6.07, 6.45) is 0. The Morgan fingerprint density at radius 3 is 1.46 bits per heavy atom. The van der Waals surface area contributed by atoms with Crippen molar-refractivity contribution in [2.24, 2.45) is 0 Å². The van der Waals surface area contributed by atoms with Crippen molar-refractivity contribution in [2.45, 2.75) is 97.8 Å². The molecule has 0 atom stereocenters. The lowest BCUT2D eigenvalue weighted by Gasteiger charge is -2.29. The lowest BCUT2D eigenvalue weighted by atomic mass is 9.78. The number of hydrogen-bond donors (Lipinski definition) is 0. The maximum Gasteiger partial charge on any atom is 0.0467 e. The number of anilines is 3. The predicted octanol–water partition coefficient (Wildman–Crippen LogP) is 14.7. The average Bonchev–Trinajstić information content (AvgIpc) is 3.33. The van der Waals surface area contributed by atoms with Gasteiger partial charge in [0.2, 0.25) is 0 Å². The van der Waals surface area contributed by atoms with Crippen LogP contribution < -0.4 is 4.90 Å². The SMILES string of the molecule is CC(C)(C)c1cc(-c2cccc(N(c3ccccc3)c3ccc4c(c3)C(C)(C)c3ccccc3-4)c2)cc(-c2cc(C(C)(C)C)cc(C(C)(C)C)c2)c1. The summed E-state index contributed by atoms with van der Waals surface area (Å²) in [5.41, 5.74) is 18.0. The second kappa shape index (κ2) is 12.7. The van der Waals surface area contributed by atoms with Crippen LogP contribution in [0.3, 0.4) is 0 Å². The lowest BCUT2D eigenvalue weighted by molar-refractivity contribution is 0.569. The first kappa shape index (κ1) is 35.5. The highest BCUT2D eigenvalue weighted by molar-refractivity contribution is 5.87. The molecule has 0 radical (unpaired) electrons. The van der Waals surface area contributed by atoms with Gasteiger partial charge in [-0.2, -0.15) is 0 Å². The Kier molecular flexibility index (Phi) is 8.65. The Balaban J connectivity index is 1.38. The summed E-state index contributed by atoms with van der Waals surface area (Å²) in [7, 11) is 0. The summed E-state index contributed by atoms with van der Waals surface area (Å²) in [5.74, 6) is 0. The molecule has 0 aromatic heterocycles. The fraction of sp³-hybridized carbons (Fsp3) is 0.294. The number of fused-ring (bicyclic) bond motifs is 3. The number of para-hydroxylation sites is 1. The van der Waals surface area contributed by atoms with Gasteiger partial charge in [0.25, 0.3) is 0 Å². The molecule has 264 valence electrons. The number of rotatable bonds is 5. The smallest absolute Gasteiger partial charge is 0.0467 e. The summed E-state index contributed by atoms with van der Waals surface area (Å²) >= 11 is 0. The van der Waals surface area contributed by atoms with Crippen molar-refractivity contribution in [1.29, 1.82) is 0 Å². The van der Waals surface area contributed by atoms with E-state index < -0.39 is 0 Å². The third kappa shape index (κ3) is 6.63. The molecule has 0 aliphatic heterocycles. The topological polar surface area (TPSA) is 3.24 Å². The van der Waals surface area contributed by atoms with Crippen LogP contribution in [0.15, 0.2) is 133 Å². The van der Waals surface area contributed by atoms with Gasteiger partial charge in [-0.1, -0.05) is 167 Å². The first-order valence-electron chi connectivity index (χ1n) is 18.9. The van der Waals surface area contributed by atoms with Gasteiger partial charge in [0.1, 0.15) is 0 Å². The molecule has 0 bridgehead atoms. The molecule has 0 fully saturated rings. The van der Waals surface area contributed by atoms with E-state index in [1.807, 2.05) is 0 Å². The van der Waals surface area contributed by atoms with E-state index >= 15 is 0 Å². The molecular weight excluding hydrogens is 627 g/mol. The van der Waals surface area contributed by atoms with Gasteiger partial charge < -0.3 is 4.90 Å². The van der Waals surface area contributed by atoms with Crippen LogP contribution in [0.4, 0.5) is 17.1 Å². The van der Waals surface area contributed by atoms with E-state index in [2.05, 4.69) is 215 Å². The Hall–Kier alpha value is -4.88. The normalized spacial score (nSPS) is 13.8. The van der Waals surface area contributed by atoms with Gasteiger partial charge in [0, 0.05) is 22.5 Å². The molecule has 1 nitrogen and oxygen atoms in total. The molecule has 7 rings (SSSR count). The molecule has 6 aromatic carbocycles. The molecule has 1 aliphatic carbocycles. The fourth-order valence-corrected chi connectivity index (χ4v) is 7.73. The molecule has 0 spiro atoms. The molecule has 0 amide bonds. The average molecular weight is 682 g/mol. The molecule has 0 N–H and O–H groups in total. The largest absolute Gasteiger partial charge is 0.310 e. The highest BCUT2D eigenvalue weighted by Crippen LogP contribution is 2.51. The van der Waals surface area contributed by atoms with E-state index in [0.717, 1.165) is 11.4 Å². The van der Waals surface area contributed by atoms with Crippen LogP contribution in [0.1, 0.15) is 104 Å². The van der Waals surface area contributed by atoms with E-state index in [0.29, 0.717) is 0 Å². The van der Waals surface area contributed by atoms with Gasteiger partial charge >= 0.3 is 0 Å². The van der Waals surface area contributed by atoms with E-state index in [4.69, 9.17) is 0 Å². The highest BCUT2D eigenvalue weighted by Gasteiger charge is 2.35. The summed E-state index contributed by atoms with van der Waals surface area (Å²) < 4.78 is 0. The molecule has 1 aliphatic rings. The first-order valence-corrected chi connectivity index (χ1v) is 18.9. The van der Waals surface area contributed by atoms with Crippen LogP contribution in [0.5, 0.6) is 0 Å². The van der Waals surface area contributed by atoms with Crippen LogP contribution in [0.25, 0.3) is 33.4 Å². The standard InChI is InChI=1S/C51H55N/c1-48(2,3)38-27-35(26-36(28-38)37-29-39(49(4,5)6)32-40(30-37)50(7,8)9)34-18-17-21-42(31-34)52(41-19-13-12-14-20-41)43-24-25-45-44-22-15-16-23-46(44)51(10,11)47(45)33-43/h12-33H,1-11H3. The third-order valence-corrected chi connectivity index (χ3v) is 11.1. The second-order valence-electron chi connectivity index (χ2n) is 18.5. The number of hydrogen-bond acceptors (Lipinski definition) is 1. The van der Waals surface area contributed by atoms with Gasteiger partial charge in [-0.25, -0.2) is 0 Å². The van der Waals surface area contributed by atoms with Gasteiger partial charge in [0.05, 0.1) is 0 Å². The van der Waals surface area contributed by atoms with Crippen molar-refractivity contribution in [3.05, 3.63) is 161 Å². The van der Waals surface area contributed by atoms with Gasteiger partial charge in [-0.3, -0.25) is 0 Å². The Morgan fingerprint density at radius 1 is 0.365 bits per heavy atom. The Morgan fingerprint density at radius 2 is 0.846 bits per heavy atom. The third-order valence-electron chi connectivity index (χ3n) is 11.1. The zero-order valence-corrected chi connectivity index (χ0v) is 33.1. The van der Waals surface area contributed by atoms with E-state index in [1.54, 1.807) is 0 Å². The molecule has 1 heteroatoms. The summed E-state index contributed by atoms with van der Waals surface area (Å²) in [6, 6.07) is 50.3. The van der Waals surface area contributed by atoms with Crippen molar-refractivity contribution in [1.82, 2.24) is 0 Å². The van der Waals surface area contributed by atoms with Crippen LogP contribution in [0, 0.1) is 0 Å². The summed E-state index contributed by atoms with van der Waals surface area (Å²) in [6.45, 7) is 25.6. The fourth-order valence-electron chi connectivity index (χ4n) is 7.73. The Bertz CT molecular complexity index is 2230. The quantitative estimate of drug-likeness (QED) is 0.175. The molecular formula is C51H55N. The predicted molar refractivity (Wildman–Crippen MR) is 226 cm³/mol. The Labute approximate surface area is 313 Å². The van der Waals surface area contributed by atoms with Crippen molar-refractivity contribution in [2.75, 3.05) is 4.90 Å². The maximum atomic E-state index is 2.42. The summed E-state index contributed by atoms with van der Waals surface area (Å²) in [5, 5.41) is 0. The van der Waals surface area contributed by atoms with Crippen LogP contribution in [-0.4, -0.2) is 0 Å². The zero-order valence-electron chi connectivity index (χ0n) is 33.1. The molecule has 0 saturated carbocycles. The minimum Gasteiger partial charge on any atom is -0.310 e. The lowest BCUT2D eigenvalue weighted by Crippen LogP contribution is -2.16. The van der Waals surface area contributed by atoms with Gasteiger partial charge in [-0.15, -0.1) is 0 Å². The number of benzene rings is 6. The van der Waals surface area contributed by atoms with Gasteiger partial charge in [-0.05, 0) is 120 Å². The summed E-state index contributed by atoms with van der Waals surface area (Å²) in [4.78, 5) is 2.42. The maximum absolute atomic E-state index is 2.42. The van der Waals surface area contributed by atoms with Crippen molar-refractivity contribution in [3.8, 4) is 33.4 Å². The minimum atomic E-state index is -0.0763. The van der Waals surface area contributed by atoms with Crippen LogP contribution in [0.2, 0.25) is 0 Å². The molecule has 0 unspecified atom stereocenters. The first-order chi connectivity index (χ1) is 24.4. The molecule has 6 aromatic rings. The van der Waals surface area contributed by atoms with E-state index in [9.17, 15) is 0 Å². The molecule has 52 heavy (non-hydrogen) atoms. The van der Waals surface area contributed by atoms with Crippen LogP contribution >= 0.6 is 0 Å². The monoisotopic (exact) mass is 681 g/mol. The van der Waals surface area contributed by atoms with E-state index in [1.165, 1.54) is 66.9 Å². The van der Waals surface area contributed by atoms with E-state index in [-0.39, 0.29) is 21.7 Å². The molecule has 0 saturated heterocycles. The minimum absolute atomic E-state index is 0.0122.